The number of nitrogens with one attached hydrogen (secondary N) is 2. The standard InChI is InChI=1S/C17H18Cl2N2O3S/c1-10(2)20-17(22)13-8-16(15(19)9-14(13)18)25(23,24)21-12-6-4-5-11(3)7-12/h4-10,21H,1-3H3,(H,20,22). The zero-order chi connectivity index (χ0) is 18.8. The molecule has 134 valence electrons. The number of benzene rings is 2. The molecule has 2 N–H and O–H groups in total. The van der Waals surface area contributed by atoms with Crippen molar-refractivity contribution in [3.05, 3.63) is 57.6 Å². The van der Waals surface area contributed by atoms with E-state index in [0.29, 0.717) is 5.69 Å². The van der Waals surface area contributed by atoms with E-state index < -0.39 is 15.9 Å². The van der Waals surface area contributed by atoms with Gasteiger partial charge in [-0.15, -0.1) is 0 Å². The Hall–Kier alpha value is -1.76. The lowest BCUT2D eigenvalue weighted by Crippen LogP contribution is -2.30. The molecule has 0 saturated heterocycles. The molecule has 2 aromatic carbocycles. The number of rotatable bonds is 5. The van der Waals surface area contributed by atoms with Crippen LogP contribution in [0, 0.1) is 6.92 Å². The van der Waals surface area contributed by atoms with Crippen LogP contribution in [-0.2, 0) is 10.0 Å². The molecule has 0 spiro atoms. The van der Waals surface area contributed by atoms with E-state index >= 15 is 0 Å². The predicted molar refractivity (Wildman–Crippen MR) is 101 cm³/mol. The monoisotopic (exact) mass is 400 g/mol. The molecule has 0 aliphatic heterocycles. The molecule has 0 atom stereocenters. The fourth-order valence-corrected chi connectivity index (χ4v) is 4.08. The van der Waals surface area contributed by atoms with Gasteiger partial charge in [-0.05, 0) is 50.6 Å². The summed E-state index contributed by atoms with van der Waals surface area (Å²) in [6.07, 6.45) is 0. The summed E-state index contributed by atoms with van der Waals surface area (Å²) in [5.41, 5.74) is 1.35. The highest BCUT2D eigenvalue weighted by Gasteiger charge is 2.23. The van der Waals surface area contributed by atoms with Gasteiger partial charge in [-0.2, -0.15) is 0 Å². The second-order valence-electron chi connectivity index (χ2n) is 5.87. The number of carbonyl (C=O) groups excluding carboxylic acids is 1. The van der Waals surface area contributed by atoms with Crippen LogP contribution in [0.4, 0.5) is 5.69 Å². The zero-order valence-electron chi connectivity index (χ0n) is 13.9. The van der Waals surface area contributed by atoms with Crippen molar-refractivity contribution in [1.29, 1.82) is 0 Å². The first-order valence-corrected chi connectivity index (χ1v) is 9.73. The molecule has 25 heavy (non-hydrogen) atoms. The Morgan fingerprint density at radius 3 is 2.36 bits per heavy atom. The molecule has 0 fully saturated rings. The molecule has 2 rings (SSSR count). The van der Waals surface area contributed by atoms with Gasteiger partial charge in [0.25, 0.3) is 15.9 Å². The van der Waals surface area contributed by atoms with Crippen LogP contribution in [0.2, 0.25) is 10.0 Å². The molecule has 1 amide bonds. The van der Waals surface area contributed by atoms with Gasteiger partial charge in [0.15, 0.2) is 0 Å². The molecule has 0 unspecified atom stereocenters. The number of amides is 1. The lowest BCUT2D eigenvalue weighted by atomic mass is 10.2. The van der Waals surface area contributed by atoms with Crippen LogP contribution in [0.15, 0.2) is 41.3 Å². The fraction of sp³-hybridized carbons (Fsp3) is 0.235. The Balaban J connectivity index is 2.45. The third-order valence-corrected chi connectivity index (χ3v) is 5.40. The van der Waals surface area contributed by atoms with Gasteiger partial charge < -0.3 is 5.32 Å². The fourth-order valence-electron chi connectivity index (χ4n) is 2.17. The lowest BCUT2D eigenvalue weighted by molar-refractivity contribution is 0.0943. The Bertz CT molecular complexity index is 912. The number of carbonyl (C=O) groups is 1. The molecule has 0 aromatic heterocycles. The average molecular weight is 401 g/mol. The van der Waals surface area contributed by atoms with Crippen LogP contribution >= 0.6 is 23.2 Å². The highest BCUT2D eigenvalue weighted by Crippen LogP contribution is 2.30. The summed E-state index contributed by atoms with van der Waals surface area (Å²) < 4.78 is 27.8. The molecule has 2 aromatic rings. The Morgan fingerprint density at radius 1 is 1.08 bits per heavy atom. The summed E-state index contributed by atoms with van der Waals surface area (Å²) in [7, 11) is -3.98. The quantitative estimate of drug-likeness (QED) is 0.787. The molecule has 0 aliphatic rings. The Kier molecular flexibility index (Phi) is 5.98. The molecule has 5 nitrogen and oxygen atoms in total. The number of hydrogen-bond donors (Lipinski definition) is 2. The zero-order valence-corrected chi connectivity index (χ0v) is 16.3. The van der Waals surface area contributed by atoms with Crippen molar-refractivity contribution in [2.24, 2.45) is 0 Å². The van der Waals surface area contributed by atoms with E-state index in [-0.39, 0.29) is 26.5 Å². The van der Waals surface area contributed by atoms with E-state index in [9.17, 15) is 13.2 Å². The first kappa shape index (κ1) is 19.6. The van der Waals surface area contributed by atoms with Gasteiger partial charge in [0.05, 0.1) is 15.6 Å². The summed E-state index contributed by atoms with van der Waals surface area (Å²) >= 11 is 12.1. The maximum Gasteiger partial charge on any atom is 0.263 e. The van der Waals surface area contributed by atoms with Crippen LogP contribution in [0.3, 0.4) is 0 Å². The van der Waals surface area contributed by atoms with Crippen molar-refractivity contribution in [2.45, 2.75) is 31.7 Å². The minimum atomic E-state index is -3.98. The maximum absolute atomic E-state index is 12.7. The van der Waals surface area contributed by atoms with Gasteiger partial charge in [-0.1, -0.05) is 35.3 Å². The maximum atomic E-state index is 12.7. The van der Waals surface area contributed by atoms with Gasteiger partial charge in [0.1, 0.15) is 4.90 Å². The van der Waals surface area contributed by atoms with E-state index in [1.54, 1.807) is 32.0 Å². The highest BCUT2D eigenvalue weighted by atomic mass is 35.5. The summed E-state index contributed by atoms with van der Waals surface area (Å²) in [6.45, 7) is 5.43. The normalized spacial score (nSPS) is 11.4. The van der Waals surface area contributed by atoms with E-state index in [4.69, 9.17) is 23.2 Å². The first-order valence-electron chi connectivity index (χ1n) is 7.49. The van der Waals surface area contributed by atoms with E-state index in [1.165, 1.54) is 12.1 Å². The number of sulfonamides is 1. The van der Waals surface area contributed by atoms with Gasteiger partial charge >= 0.3 is 0 Å². The molecule has 0 aliphatic carbocycles. The van der Waals surface area contributed by atoms with Gasteiger partial charge in [0.2, 0.25) is 0 Å². The molecular formula is C17H18Cl2N2O3S. The number of halogens is 2. The summed E-state index contributed by atoms with van der Waals surface area (Å²) in [6, 6.07) is 9.21. The van der Waals surface area contributed by atoms with Crippen LogP contribution in [0.1, 0.15) is 29.8 Å². The summed E-state index contributed by atoms with van der Waals surface area (Å²) in [4.78, 5) is 12.0. The number of anilines is 1. The van der Waals surface area contributed by atoms with Gasteiger partial charge in [-0.25, -0.2) is 8.42 Å². The van der Waals surface area contributed by atoms with Crippen molar-refractivity contribution in [3.8, 4) is 0 Å². The van der Waals surface area contributed by atoms with Crippen LogP contribution < -0.4 is 10.0 Å². The second kappa shape index (κ2) is 7.64. The topological polar surface area (TPSA) is 75.3 Å². The molecule has 0 radical (unpaired) electrons. The minimum Gasteiger partial charge on any atom is -0.350 e. The van der Waals surface area contributed by atoms with Crippen LogP contribution in [-0.4, -0.2) is 20.4 Å². The van der Waals surface area contributed by atoms with E-state index in [2.05, 4.69) is 10.0 Å². The van der Waals surface area contributed by atoms with Crippen molar-refractivity contribution in [2.75, 3.05) is 4.72 Å². The third kappa shape index (κ3) is 4.87. The third-order valence-electron chi connectivity index (χ3n) is 3.25. The van der Waals surface area contributed by atoms with Crippen molar-refractivity contribution < 1.29 is 13.2 Å². The molecule has 0 saturated carbocycles. The SMILES string of the molecule is Cc1cccc(NS(=O)(=O)c2cc(C(=O)NC(C)C)c(Cl)cc2Cl)c1. The molecule has 0 bridgehead atoms. The Labute approximate surface area is 157 Å². The molecular weight excluding hydrogens is 383 g/mol. The average Bonchev–Trinajstić information content (AvgIpc) is 2.45. The molecule has 8 heteroatoms. The van der Waals surface area contributed by atoms with Crippen LogP contribution in [0.25, 0.3) is 0 Å². The predicted octanol–water partition coefficient (Wildman–Crippen LogP) is 4.24. The van der Waals surface area contributed by atoms with E-state index in [1.807, 2.05) is 13.0 Å². The first-order chi connectivity index (χ1) is 11.6. The number of hydrogen-bond acceptors (Lipinski definition) is 3. The largest absolute Gasteiger partial charge is 0.350 e. The van der Waals surface area contributed by atoms with Crippen molar-refractivity contribution in [1.82, 2.24) is 5.32 Å². The number of aryl methyl sites for hydroxylation is 1. The van der Waals surface area contributed by atoms with Gasteiger partial charge in [0, 0.05) is 11.7 Å². The highest BCUT2D eigenvalue weighted by molar-refractivity contribution is 7.92. The summed E-state index contributed by atoms with van der Waals surface area (Å²) in [5.74, 6) is -0.469. The van der Waals surface area contributed by atoms with Crippen LogP contribution in [0.5, 0.6) is 0 Å². The summed E-state index contributed by atoms with van der Waals surface area (Å²) in [5, 5.41) is 2.69. The smallest absolute Gasteiger partial charge is 0.263 e. The Morgan fingerprint density at radius 2 is 1.76 bits per heavy atom. The second-order valence-corrected chi connectivity index (χ2v) is 8.33. The lowest BCUT2D eigenvalue weighted by Gasteiger charge is -2.14. The molecule has 0 heterocycles. The van der Waals surface area contributed by atoms with Crippen molar-refractivity contribution in [3.63, 3.8) is 0 Å². The van der Waals surface area contributed by atoms with Gasteiger partial charge in [-0.3, -0.25) is 9.52 Å². The minimum absolute atomic E-state index is 0.0457. The van der Waals surface area contributed by atoms with E-state index in [0.717, 1.165) is 5.56 Å². The van der Waals surface area contributed by atoms with Crippen molar-refractivity contribution >= 4 is 44.8 Å².